The molecule has 0 amide bonds. The Kier molecular flexibility index (Phi) is 8.58. The molecule has 0 unspecified atom stereocenters. The molecule has 4 heteroatoms. The summed E-state index contributed by atoms with van der Waals surface area (Å²) in [5.74, 6) is 1.90. The van der Waals surface area contributed by atoms with E-state index < -0.39 is 5.41 Å². The smallest absolute Gasteiger partial charge is 0.164 e. The SMILES string of the molecule is c1ccc(-c2ccc(-c3nc(-c4cccc(C5(c6ccccc6)c6ccccc6-c6ccccc65)c4)nc(-c4cccc5sc6ccc(-c7ccccc7)cc6c45)n3)cc2)cc1. The number of hydrogen-bond acceptors (Lipinski definition) is 4. The molecule has 0 aliphatic heterocycles. The zero-order valence-electron chi connectivity index (χ0n) is 33.6. The number of benzene rings is 9. The van der Waals surface area contributed by atoms with E-state index in [-0.39, 0.29) is 0 Å². The molecule has 12 rings (SSSR count). The van der Waals surface area contributed by atoms with E-state index in [1.165, 1.54) is 59.3 Å². The van der Waals surface area contributed by atoms with Crippen LogP contribution in [0.3, 0.4) is 0 Å². The van der Waals surface area contributed by atoms with Gasteiger partial charge < -0.3 is 0 Å². The van der Waals surface area contributed by atoms with Crippen LogP contribution in [0.1, 0.15) is 22.3 Å². The van der Waals surface area contributed by atoms with Gasteiger partial charge in [-0.3, -0.25) is 0 Å². The average molecular weight is 808 g/mol. The van der Waals surface area contributed by atoms with Crippen molar-refractivity contribution in [3.05, 3.63) is 247 Å². The maximum atomic E-state index is 5.42. The van der Waals surface area contributed by atoms with E-state index in [1.807, 2.05) is 6.07 Å². The zero-order valence-corrected chi connectivity index (χ0v) is 34.4. The first-order chi connectivity index (χ1) is 30.7. The molecule has 9 aromatic carbocycles. The third-order valence-electron chi connectivity index (χ3n) is 12.4. The summed E-state index contributed by atoms with van der Waals surface area (Å²) in [5, 5.41) is 2.35. The number of rotatable bonds is 7. The third-order valence-corrected chi connectivity index (χ3v) is 13.6. The molecule has 0 radical (unpaired) electrons. The third kappa shape index (κ3) is 5.83. The lowest BCUT2D eigenvalue weighted by Gasteiger charge is -2.34. The minimum Gasteiger partial charge on any atom is -0.208 e. The molecule has 1 aliphatic rings. The van der Waals surface area contributed by atoms with E-state index in [4.69, 9.17) is 15.0 Å². The largest absolute Gasteiger partial charge is 0.208 e. The molecule has 0 saturated carbocycles. The molecule has 11 aromatic rings. The molecule has 290 valence electrons. The van der Waals surface area contributed by atoms with Crippen molar-refractivity contribution >= 4 is 31.5 Å². The second kappa shape index (κ2) is 14.7. The first-order valence-electron chi connectivity index (χ1n) is 21.0. The van der Waals surface area contributed by atoms with Gasteiger partial charge in [0.1, 0.15) is 0 Å². The predicted octanol–water partition coefficient (Wildman–Crippen LogP) is 14.9. The Balaban J connectivity index is 1.08. The van der Waals surface area contributed by atoms with E-state index in [1.54, 1.807) is 11.3 Å². The van der Waals surface area contributed by atoms with Crippen molar-refractivity contribution < 1.29 is 0 Å². The van der Waals surface area contributed by atoms with Gasteiger partial charge in [-0.1, -0.05) is 200 Å². The molecule has 1 aliphatic carbocycles. The standard InChI is InChI=1S/C58H37N3S/c1-4-16-38(17-5-1)40-30-32-41(33-31-40)55-59-56(61-57(60-55)48-26-15-29-53-54(48)49-37-42(34-35-52(49)62-53)39-18-6-2-7-19-39)43-20-14-23-45(36-43)58(44-21-8-3-9-22-44)50-27-12-10-24-46(50)47-25-11-13-28-51(47)58/h1-37H. The fourth-order valence-electron chi connectivity index (χ4n) is 9.62. The van der Waals surface area contributed by atoms with E-state index in [2.05, 4.69) is 218 Å². The average Bonchev–Trinajstić information content (AvgIpc) is 3.88. The Labute approximate surface area is 364 Å². The number of hydrogen-bond donors (Lipinski definition) is 0. The molecule has 0 spiro atoms. The van der Waals surface area contributed by atoms with Crippen LogP contribution < -0.4 is 0 Å². The maximum absolute atomic E-state index is 5.42. The summed E-state index contributed by atoms with van der Waals surface area (Å²) in [4.78, 5) is 16.1. The number of aromatic nitrogens is 3. The highest BCUT2D eigenvalue weighted by molar-refractivity contribution is 7.26. The monoisotopic (exact) mass is 807 g/mol. The lowest BCUT2D eigenvalue weighted by Crippen LogP contribution is -2.28. The van der Waals surface area contributed by atoms with Crippen molar-refractivity contribution in [1.82, 2.24) is 15.0 Å². The molecular weight excluding hydrogens is 771 g/mol. The van der Waals surface area contributed by atoms with Crippen molar-refractivity contribution in [2.45, 2.75) is 5.41 Å². The minimum atomic E-state index is -0.548. The van der Waals surface area contributed by atoms with Gasteiger partial charge >= 0.3 is 0 Å². The first kappa shape index (κ1) is 36.1. The van der Waals surface area contributed by atoms with Crippen LogP contribution in [-0.4, -0.2) is 15.0 Å². The Morgan fingerprint density at radius 1 is 0.306 bits per heavy atom. The molecule has 0 N–H and O–H groups in total. The van der Waals surface area contributed by atoms with Gasteiger partial charge in [-0.15, -0.1) is 11.3 Å². The lowest BCUT2D eigenvalue weighted by atomic mass is 9.67. The van der Waals surface area contributed by atoms with Crippen molar-refractivity contribution in [1.29, 1.82) is 0 Å². The zero-order chi connectivity index (χ0) is 41.0. The van der Waals surface area contributed by atoms with Gasteiger partial charge in [-0.25, -0.2) is 15.0 Å². The maximum Gasteiger partial charge on any atom is 0.164 e. The minimum absolute atomic E-state index is 0.548. The fourth-order valence-corrected chi connectivity index (χ4v) is 10.7. The summed E-state index contributed by atoms with van der Waals surface area (Å²) in [7, 11) is 0. The highest BCUT2D eigenvalue weighted by atomic mass is 32.1. The molecule has 0 fully saturated rings. The molecule has 0 bridgehead atoms. The van der Waals surface area contributed by atoms with Crippen molar-refractivity contribution in [2.75, 3.05) is 0 Å². The van der Waals surface area contributed by atoms with E-state index in [0.29, 0.717) is 17.5 Å². The van der Waals surface area contributed by atoms with Gasteiger partial charge in [0.2, 0.25) is 0 Å². The van der Waals surface area contributed by atoms with Crippen LogP contribution in [0.5, 0.6) is 0 Å². The van der Waals surface area contributed by atoms with Gasteiger partial charge in [-0.05, 0) is 79.9 Å². The number of fused-ring (bicyclic) bond motifs is 6. The van der Waals surface area contributed by atoms with Crippen LogP contribution in [0.15, 0.2) is 224 Å². The van der Waals surface area contributed by atoms with E-state index >= 15 is 0 Å². The molecule has 62 heavy (non-hydrogen) atoms. The van der Waals surface area contributed by atoms with Crippen molar-refractivity contribution in [2.24, 2.45) is 0 Å². The Hall–Kier alpha value is -7.79. The fraction of sp³-hybridized carbons (Fsp3) is 0.0172. The second-order valence-corrected chi connectivity index (χ2v) is 17.0. The van der Waals surface area contributed by atoms with Crippen molar-refractivity contribution in [3.8, 4) is 67.5 Å². The van der Waals surface area contributed by atoms with Crippen molar-refractivity contribution in [3.63, 3.8) is 0 Å². The van der Waals surface area contributed by atoms with Crippen LogP contribution in [-0.2, 0) is 5.41 Å². The summed E-state index contributed by atoms with van der Waals surface area (Å²) in [6.45, 7) is 0. The second-order valence-electron chi connectivity index (χ2n) is 15.9. The summed E-state index contributed by atoms with van der Waals surface area (Å²) >= 11 is 1.81. The van der Waals surface area contributed by atoms with E-state index in [9.17, 15) is 0 Å². The Morgan fingerprint density at radius 3 is 1.48 bits per heavy atom. The quantitative estimate of drug-likeness (QED) is 0.161. The highest BCUT2D eigenvalue weighted by Gasteiger charge is 2.46. The van der Waals surface area contributed by atoms with Gasteiger partial charge in [-0.2, -0.15) is 0 Å². The van der Waals surface area contributed by atoms with Crippen LogP contribution in [0.2, 0.25) is 0 Å². The topological polar surface area (TPSA) is 38.7 Å². The van der Waals surface area contributed by atoms with Crippen LogP contribution in [0.25, 0.3) is 87.7 Å². The van der Waals surface area contributed by atoms with Gasteiger partial charge in [0.05, 0.1) is 5.41 Å². The van der Waals surface area contributed by atoms with Crippen LogP contribution >= 0.6 is 11.3 Å². The number of nitrogens with zero attached hydrogens (tertiary/aromatic N) is 3. The predicted molar refractivity (Wildman–Crippen MR) is 257 cm³/mol. The molecule has 2 aromatic heterocycles. The number of thiophene rings is 1. The summed E-state index contributed by atoms with van der Waals surface area (Å²) in [6, 6.07) is 80.5. The summed E-state index contributed by atoms with van der Waals surface area (Å²) in [5.41, 5.74) is 14.4. The lowest BCUT2D eigenvalue weighted by molar-refractivity contribution is 0.768. The molecule has 2 heterocycles. The van der Waals surface area contributed by atoms with Gasteiger partial charge in [0.25, 0.3) is 0 Å². The summed E-state index contributed by atoms with van der Waals surface area (Å²) in [6.07, 6.45) is 0. The molecule has 0 saturated heterocycles. The normalized spacial score (nSPS) is 12.6. The van der Waals surface area contributed by atoms with E-state index in [0.717, 1.165) is 33.2 Å². The van der Waals surface area contributed by atoms with Gasteiger partial charge in [0.15, 0.2) is 17.5 Å². The van der Waals surface area contributed by atoms with Gasteiger partial charge in [0, 0.05) is 36.9 Å². The molecular formula is C58H37N3S. The first-order valence-corrected chi connectivity index (χ1v) is 21.8. The Morgan fingerprint density at radius 2 is 0.790 bits per heavy atom. The molecule has 0 atom stereocenters. The molecule has 3 nitrogen and oxygen atoms in total. The van der Waals surface area contributed by atoms with Crippen LogP contribution in [0.4, 0.5) is 0 Å². The summed E-state index contributed by atoms with van der Waals surface area (Å²) < 4.78 is 2.43. The highest BCUT2D eigenvalue weighted by Crippen LogP contribution is 2.56. The Bertz CT molecular complexity index is 3400. The van der Waals surface area contributed by atoms with Crippen LogP contribution in [0, 0.1) is 0 Å².